The molecular weight excluding hydrogens is 392 g/mol. The summed E-state index contributed by atoms with van der Waals surface area (Å²) in [5.74, 6) is 1.98. The zero-order valence-corrected chi connectivity index (χ0v) is 18.1. The number of rotatable bonds is 8. The van der Waals surface area contributed by atoms with Gasteiger partial charge in [0.15, 0.2) is 22.5 Å². The van der Waals surface area contributed by atoms with Crippen molar-refractivity contribution in [2.24, 2.45) is 5.73 Å². The summed E-state index contributed by atoms with van der Waals surface area (Å²) < 4.78 is 18.6. The van der Waals surface area contributed by atoms with E-state index in [1.54, 1.807) is 28.3 Å². The lowest BCUT2D eigenvalue weighted by Gasteiger charge is -2.26. The molecule has 1 aliphatic rings. The van der Waals surface area contributed by atoms with Crippen LogP contribution in [0.5, 0.6) is 17.2 Å². The molecule has 0 saturated heterocycles. The van der Waals surface area contributed by atoms with E-state index in [0.29, 0.717) is 22.4 Å². The van der Waals surface area contributed by atoms with E-state index in [9.17, 15) is 4.79 Å². The highest BCUT2D eigenvalue weighted by Gasteiger charge is 2.27. The van der Waals surface area contributed by atoms with Crippen molar-refractivity contribution in [3.05, 3.63) is 12.1 Å². The van der Waals surface area contributed by atoms with Crippen LogP contribution in [0.2, 0.25) is 0 Å². The van der Waals surface area contributed by atoms with Gasteiger partial charge in [0, 0.05) is 11.6 Å². The van der Waals surface area contributed by atoms with Crippen molar-refractivity contribution >= 4 is 17.7 Å². The number of nitrogens with zero attached hydrogens (tertiary/aromatic N) is 3. The second kappa shape index (κ2) is 9.39. The Morgan fingerprint density at radius 3 is 2.24 bits per heavy atom. The molecule has 2 N–H and O–H groups in total. The summed E-state index contributed by atoms with van der Waals surface area (Å²) in [6.45, 7) is 1.78. The maximum atomic E-state index is 11.6. The average molecular weight is 421 g/mol. The van der Waals surface area contributed by atoms with Gasteiger partial charge >= 0.3 is 0 Å². The van der Waals surface area contributed by atoms with Gasteiger partial charge in [-0.3, -0.25) is 9.36 Å². The number of primary amides is 1. The number of carbonyl (C=O) groups is 1. The van der Waals surface area contributed by atoms with Gasteiger partial charge < -0.3 is 19.9 Å². The molecule has 0 bridgehead atoms. The Bertz CT molecular complexity index is 839. The minimum Gasteiger partial charge on any atom is -0.493 e. The monoisotopic (exact) mass is 420 g/mol. The molecule has 1 aromatic carbocycles. The standard InChI is InChI=1S/C20H28N4O4S/c1-12(18(21)25)29-20-23-22-19(24(20)14-8-6-5-7-9-14)13-10-15(26-2)17(28-4)16(11-13)27-3/h10-12,14H,5-9H2,1-4H3,(H2,21,25). The molecular formula is C20H28N4O4S. The third kappa shape index (κ3) is 4.44. The van der Waals surface area contributed by atoms with E-state index in [1.165, 1.54) is 18.2 Å². The van der Waals surface area contributed by atoms with Crippen molar-refractivity contribution in [3.8, 4) is 28.6 Å². The lowest BCUT2D eigenvalue weighted by atomic mass is 9.95. The highest BCUT2D eigenvalue weighted by atomic mass is 32.2. The van der Waals surface area contributed by atoms with Gasteiger partial charge in [-0.25, -0.2) is 0 Å². The van der Waals surface area contributed by atoms with Crippen LogP contribution in [0, 0.1) is 0 Å². The SMILES string of the molecule is COc1cc(-c2nnc(SC(C)C(N)=O)n2C2CCCCC2)cc(OC)c1OC. The van der Waals surface area contributed by atoms with Gasteiger partial charge in [-0.15, -0.1) is 10.2 Å². The van der Waals surface area contributed by atoms with Gasteiger partial charge in [-0.1, -0.05) is 31.0 Å². The van der Waals surface area contributed by atoms with E-state index < -0.39 is 5.25 Å². The second-order valence-corrected chi connectivity index (χ2v) is 8.35. The number of aromatic nitrogens is 3. The fourth-order valence-corrected chi connectivity index (χ4v) is 4.52. The molecule has 9 heteroatoms. The summed E-state index contributed by atoms with van der Waals surface area (Å²) in [4.78, 5) is 11.6. The molecule has 1 fully saturated rings. The molecule has 1 aliphatic carbocycles. The van der Waals surface area contributed by atoms with Crippen LogP contribution in [-0.2, 0) is 4.79 Å². The van der Waals surface area contributed by atoms with Gasteiger partial charge in [-0.05, 0) is 31.9 Å². The van der Waals surface area contributed by atoms with Crippen molar-refractivity contribution in [1.82, 2.24) is 14.8 Å². The van der Waals surface area contributed by atoms with Crippen LogP contribution in [0.1, 0.15) is 45.1 Å². The normalized spacial score (nSPS) is 15.7. The summed E-state index contributed by atoms with van der Waals surface area (Å²) >= 11 is 1.34. The maximum absolute atomic E-state index is 11.6. The van der Waals surface area contributed by atoms with Gasteiger partial charge in [-0.2, -0.15) is 0 Å². The van der Waals surface area contributed by atoms with Crippen molar-refractivity contribution < 1.29 is 19.0 Å². The number of benzene rings is 1. The summed E-state index contributed by atoms with van der Waals surface area (Å²) in [5, 5.41) is 9.17. The first kappa shape index (κ1) is 21.3. The molecule has 1 aromatic heterocycles. The molecule has 0 radical (unpaired) electrons. The van der Waals surface area contributed by atoms with Gasteiger partial charge in [0.1, 0.15) is 0 Å². The smallest absolute Gasteiger partial charge is 0.230 e. The molecule has 1 saturated carbocycles. The van der Waals surface area contributed by atoms with Gasteiger partial charge in [0.25, 0.3) is 0 Å². The van der Waals surface area contributed by atoms with Crippen LogP contribution < -0.4 is 19.9 Å². The molecule has 29 heavy (non-hydrogen) atoms. The van der Waals surface area contributed by atoms with E-state index in [1.807, 2.05) is 12.1 Å². The second-order valence-electron chi connectivity index (χ2n) is 7.04. The minimum atomic E-state index is -0.394. The molecule has 1 heterocycles. The van der Waals surface area contributed by atoms with Crippen LogP contribution in [-0.4, -0.2) is 47.3 Å². The number of ether oxygens (including phenoxy) is 3. The van der Waals surface area contributed by atoms with Crippen LogP contribution >= 0.6 is 11.8 Å². The lowest BCUT2D eigenvalue weighted by Crippen LogP contribution is -2.23. The Morgan fingerprint density at radius 2 is 1.72 bits per heavy atom. The first-order valence-corrected chi connectivity index (χ1v) is 10.6. The summed E-state index contributed by atoms with van der Waals surface area (Å²) in [6.07, 6.45) is 5.65. The Balaban J connectivity index is 2.11. The molecule has 3 rings (SSSR count). The number of hydrogen-bond acceptors (Lipinski definition) is 7. The Labute approximate surface area is 175 Å². The minimum absolute atomic E-state index is 0.274. The zero-order chi connectivity index (χ0) is 21.0. The Morgan fingerprint density at radius 1 is 1.10 bits per heavy atom. The van der Waals surface area contributed by atoms with E-state index in [0.717, 1.165) is 37.1 Å². The predicted octanol–water partition coefficient (Wildman–Crippen LogP) is 3.44. The van der Waals surface area contributed by atoms with Crippen molar-refractivity contribution in [2.45, 2.75) is 55.5 Å². The number of amides is 1. The lowest BCUT2D eigenvalue weighted by molar-refractivity contribution is -0.117. The van der Waals surface area contributed by atoms with Crippen molar-refractivity contribution in [1.29, 1.82) is 0 Å². The molecule has 158 valence electrons. The van der Waals surface area contributed by atoms with Crippen molar-refractivity contribution in [3.63, 3.8) is 0 Å². The van der Waals surface area contributed by atoms with Crippen LogP contribution in [0.25, 0.3) is 11.4 Å². The van der Waals surface area contributed by atoms with Crippen LogP contribution in [0.4, 0.5) is 0 Å². The summed E-state index contributed by atoms with van der Waals surface area (Å²) in [7, 11) is 4.75. The number of thioether (sulfide) groups is 1. The first-order chi connectivity index (χ1) is 14.0. The zero-order valence-electron chi connectivity index (χ0n) is 17.3. The summed E-state index contributed by atoms with van der Waals surface area (Å²) in [5.41, 5.74) is 6.29. The number of carbonyl (C=O) groups excluding carboxylic acids is 1. The maximum Gasteiger partial charge on any atom is 0.230 e. The molecule has 0 aliphatic heterocycles. The van der Waals surface area contributed by atoms with Crippen LogP contribution in [0.15, 0.2) is 17.3 Å². The highest BCUT2D eigenvalue weighted by molar-refractivity contribution is 8.00. The van der Waals surface area contributed by atoms with Crippen LogP contribution in [0.3, 0.4) is 0 Å². The molecule has 0 spiro atoms. The number of nitrogens with two attached hydrogens (primary N) is 1. The number of methoxy groups -OCH3 is 3. The first-order valence-electron chi connectivity index (χ1n) is 9.71. The molecule has 8 nitrogen and oxygen atoms in total. The Kier molecular flexibility index (Phi) is 6.89. The quantitative estimate of drug-likeness (QED) is 0.653. The van der Waals surface area contributed by atoms with Gasteiger partial charge in [0.2, 0.25) is 11.7 Å². The van der Waals surface area contributed by atoms with E-state index in [2.05, 4.69) is 14.8 Å². The Hall–Kier alpha value is -2.42. The van der Waals surface area contributed by atoms with E-state index in [-0.39, 0.29) is 11.9 Å². The van der Waals surface area contributed by atoms with Crippen molar-refractivity contribution in [2.75, 3.05) is 21.3 Å². The average Bonchev–Trinajstić information content (AvgIpc) is 3.16. The fourth-order valence-electron chi connectivity index (χ4n) is 3.65. The summed E-state index contributed by atoms with van der Waals surface area (Å²) in [6, 6.07) is 4.02. The third-order valence-corrected chi connectivity index (χ3v) is 6.29. The number of hydrogen-bond donors (Lipinski definition) is 1. The molecule has 1 amide bonds. The highest BCUT2D eigenvalue weighted by Crippen LogP contribution is 2.43. The predicted molar refractivity (Wildman–Crippen MR) is 112 cm³/mol. The molecule has 1 atom stereocenters. The third-order valence-electron chi connectivity index (χ3n) is 5.21. The molecule has 1 unspecified atom stereocenters. The molecule has 2 aromatic rings. The topological polar surface area (TPSA) is 101 Å². The fraction of sp³-hybridized carbons (Fsp3) is 0.550. The van der Waals surface area contributed by atoms with E-state index >= 15 is 0 Å². The largest absolute Gasteiger partial charge is 0.493 e. The van der Waals surface area contributed by atoms with Gasteiger partial charge in [0.05, 0.1) is 26.6 Å². The van der Waals surface area contributed by atoms with E-state index in [4.69, 9.17) is 19.9 Å².